The van der Waals surface area contributed by atoms with Crippen LogP contribution in [0.5, 0.6) is 0 Å². The standard InChI is InChI=1S/C8H16N2O5/c1-8(2,3)15-7(13)9-5(4-11)6(12)10-14/h5,11,14H,4H2,1-3H3,(H,9,13)(H,10,12)/t5-/m1/s1. The predicted molar refractivity (Wildman–Crippen MR) is 50.2 cm³/mol. The van der Waals surface area contributed by atoms with Crippen LogP contribution in [0.2, 0.25) is 0 Å². The van der Waals surface area contributed by atoms with Crippen molar-refractivity contribution in [2.24, 2.45) is 0 Å². The molecule has 7 nitrogen and oxygen atoms in total. The van der Waals surface area contributed by atoms with Gasteiger partial charge >= 0.3 is 6.09 Å². The maximum absolute atomic E-state index is 11.1. The highest BCUT2D eigenvalue weighted by atomic mass is 16.6. The SMILES string of the molecule is CC(C)(C)OC(=O)N[C@H](CO)C(=O)NO. The summed E-state index contributed by atoms with van der Waals surface area (Å²) in [6.45, 7) is 4.34. The highest BCUT2D eigenvalue weighted by molar-refractivity contribution is 5.84. The number of nitrogens with one attached hydrogen (secondary N) is 2. The molecule has 0 aromatic carbocycles. The van der Waals surface area contributed by atoms with Gasteiger partial charge in [-0.2, -0.15) is 0 Å². The van der Waals surface area contributed by atoms with Crippen LogP contribution in [0.3, 0.4) is 0 Å². The Labute approximate surface area is 87.4 Å². The molecule has 1 atom stereocenters. The lowest BCUT2D eigenvalue weighted by Gasteiger charge is -2.21. The second kappa shape index (κ2) is 5.52. The number of alkyl carbamates (subject to hydrolysis) is 1. The van der Waals surface area contributed by atoms with Gasteiger partial charge in [-0.05, 0) is 20.8 Å². The zero-order valence-electron chi connectivity index (χ0n) is 8.90. The molecule has 0 aliphatic heterocycles. The molecule has 0 aromatic rings. The zero-order valence-corrected chi connectivity index (χ0v) is 8.90. The molecule has 0 radical (unpaired) electrons. The van der Waals surface area contributed by atoms with Gasteiger partial charge in [-0.1, -0.05) is 0 Å². The Kier molecular flexibility index (Phi) is 5.03. The van der Waals surface area contributed by atoms with Crippen molar-refractivity contribution in [1.82, 2.24) is 10.8 Å². The molecule has 0 bridgehead atoms. The fraction of sp³-hybridized carbons (Fsp3) is 0.750. The molecule has 0 spiro atoms. The van der Waals surface area contributed by atoms with Crippen molar-refractivity contribution in [2.75, 3.05) is 6.61 Å². The fourth-order valence-corrected chi connectivity index (χ4v) is 0.722. The Morgan fingerprint density at radius 1 is 1.40 bits per heavy atom. The van der Waals surface area contributed by atoms with E-state index < -0.39 is 30.3 Å². The Morgan fingerprint density at radius 2 is 1.93 bits per heavy atom. The third-order valence-electron chi connectivity index (χ3n) is 1.30. The Bertz CT molecular complexity index is 236. The van der Waals surface area contributed by atoms with E-state index in [9.17, 15) is 9.59 Å². The first-order chi connectivity index (χ1) is 6.80. The lowest BCUT2D eigenvalue weighted by molar-refractivity contribution is -0.132. The van der Waals surface area contributed by atoms with Crippen molar-refractivity contribution in [3.63, 3.8) is 0 Å². The summed E-state index contributed by atoms with van der Waals surface area (Å²) >= 11 is 0. The molecule has 0 aliphatic rings. The summed E-state index contributed by atoms with van der Waals surface area (Å²) in [5.41, 5.74) is 0.620. The number of aliphatic hydroxyl groups is 1. The summed E-state index contributed by atoms with van der Waals surface area (Å²) in [4.78, 5) is 22.0. The third-order valence-corrected chi connectivity index (χ3v) is 1.30. The van der Waals surface area contributed by atoms with Crippen LogP contribution in [0.15, 0.2) is 0 Å². The molecule has 0 heterocycles. The summed E-state index contributed by atoms with van der Waals surface area (Å²) in [7, 11) is 0. The van der Waals surface area contributed by atoms with Gasteiger partial charge < -0.3 is 15.2 Å². The number of amides is 2. The van der Waals surface area contributed by atoms with Crippen LogP contribution in [0.4, 0.5) is 4.79 Å². The van der Waals surface area contributed by atoms with E-state index in [1.54, 1.807) is 20.8 Å². The summed E-state index contributed by atoms with van der Waals surface area (Å²) in [5.74, 6) is -0.914. The van der Waals surface area contributed by atoms with E-state index in [1.807, 2.05) is 0 Å². The lowest BCUT2D eigenvalue weighted by atomic mass is 10.2. The molecule has 0 saturated heterocycles. The number of carbonyl (C=O) groups excluding carboxylic acids is 2. The van der Waals surface area contributed by atoms with Gasteiger partial charge in [-0.15, -0.1) is 0 Å². The first-order valence-corrected chi connectivity index (χ1v) is 4.34. The molecule has 7 heteroatoms. The van der Waals surface area contributed by atoms with Gasteiger partial charge in [0, 0.05) is 0 Å². The van der Waals surface area contributed by atoms with Crippen molar-refractivity contribution in [3.8, 4) is 0 Å². The van der Waals surface area contributed by atoms with Gasteiger partial charge in [-0.3, -0.25) is 10.0 Å². The monoisotopic (exact) mass is 220 g/mol. The average molecular weight is 220 g/mol. The van der Waals surface area contributed by atoms with E-state index in [-0.39, 0.29) is 0 Å². The first-order valence-electron chi connectivity index (χ1n) is 4.34. The second-order valence-corrected chi connectivity index (χ2v) is 3.86. The van der Waals surface area contributed by atoms with Crippen molar-refractivity contribution in [3.05, 3.63) is 0 Å². The van der Waals surface area contributed by atoms with Crippen molar-refractivity contribution < 1.29 is 24.6 Å². The molecule has 0 unspecified atom stereocenters. The Hall–Kier alpha value is -1.34. The molecule has 0 fully saturated rings. The molecule has 4 N–H and O–H groups in total. The zero-order chi connectivity index (χ0) is 12.1. The highest BCUT2D eigenvalue weighted by Crippen LogP contribution is 2.06. The molecular formula is C8H16N2O5. The predicted octanol–water partition coefficient (Wildman–Crippen LogP) is -0.623. The van der Waals surface area contributed by atoms with Gasteiger partial charge in [0.2, 0.25) is 0 Å². The Morgan fingerprint density at radius 3 is 2.27 bits per heavy atom. The quantitative estimate of drug-likeness (QED) is 0.374. The van der Waals surface area contributed by atoms with Gasteiger partial charge in [0.1, 0.15) is 11.6 Å². The molecule has 0 rings (SSSR count). The van der Waals surface area contributed by atoms with Crippen LogP contribution in [0, 0.1) is 0 Å². The largest absolute Gasteiger partial charge is 0.444 e. The molecule has 2 amide bonds. The van der Waals surface area contributed by atoms with Crippen LogP contribution in [0.1, 0.15) is 20.8 Å². The van der Waals surface area contributed by atoms with E-state index in [2.05, 4.69) is 5.32 Å². The number of rotatable bonds is 3. The van der Waals surface area contributed by atoms with Crippen molar-refractivity contribution in [1.29, 1.82) is 0 Å². The Balaban J connectivity index is 4.20. The summed E-state index contributed by atoms with van der Waals surface area (Å²) in [6.07, 6.45) is -0.842. The highest BCUT2D eigenvalue weighted by Gasteiger charge is 2.23. The van der Waals surface area contributed by atoms with Gasteiger partial charge in [0.05, 0.1) is 6.61 Å². The molecular weight excluding hydrogens is 204 g/mol. The van der Waals surface area contributed by atoms with E-state index in [1.165, 1.54) is 5.48 Å². The lowest BCUT2D eigenvalue weighted by Crippen LogP contribution is -2.49. The smallest absolute Gasteiger partial charge is 0.408 e. The number of hydroxylamine groups is 1. The molecule has 0 saturated carbocycles. The molecule has 15 heavy (non-hydrogen) atoms. The number of aliphatic hydroxyl groups excluding tert-OH is 1. The normalized spacial score (nSPS) is 12.9. The molecule has 0 aromatic heterocycles. The topological polar surface area (TPSA) is 108 Å². The molecule has 88 valence electrons. The number of carbonyl (C=O) groups is 2. The number of hydrogen-bond donors (Lipinski definition) is 4. The molecule has 0 aliphatic carbocycles. The number of ether oxygens (including phenoxy) is 1. The van der Waals surface area contributed by atoms with Gasteiger partial charge in [-0.25, -0.2) is 10.3 Å². The summed E-state index contributed by atoms with van der Waals surface area (Å²) in [6, 6.07) is -1.23. The van der Waals surface area contributed by atoms with E-state index in [0.29, 0.717) is 0 Å². The minimum atomic E-state index is -1.23. The van der Waals surface area contributed by atoms with Gasteiger partial charge in [0.25, 0.3) is 5.91 Å². The second-order valence-electron chi connectivity index (χ2n) is 3.86. The van der Waals surface area contributed by atoms with Crippen LogP contribution in [0.25, 0.3) is 0 Å². The number of hydrogen-bond acceptors (Lipinski definition) is 5. The average Bonchev–Trinajstić information content (AvgIpc) is 2.10. The summed E-state index contributed by atoms with van der Waals surface area (Å²) in [5, 5.41) is 19.1. The fourth-order valence-electron chi connectivity index (χ4n) is 0.722. The maximum Gasteiger partial charge on any atom is 0.408 e. The van der Waals surface area contributed by atoms with Gasteiger partial charge in [0.15, 0.2) is 0 Å². The minimum Gasteiger partial charge on any atom is -0.444 e. The first kappa shape index (κ1) is 13.7. The van der Waals surface area contributed by atoms with Crippen LogP contribution >= 0.6 is 0 Å². The maximum atomic E-state index is 11.1. The summed E-state index contributed by atoms with van der Waals surface area (Å²) < 4.78 is 4.84. The third kappa shape index (κ3) is 5.87. The van der Waals surface area contributed by atoms with E-state index >= 15 is 0 Å². The van der Waals surface area contributed by atoms with Crippen molar-refractivity contribution >= 4 is 12.0 Å². The van der Waals surface area contributed by atoms with Crippen LogP contribution in [-0.2, 0) is 9.53 Å². The van der Waals surface area contributed by atoms with Crippen LogP contribution < -0.4 is 10.8 Å². The van der Waals surface area contributed by atoms with E-state index in [4.69, 9.17) is 15.1 Å². The van der Waals surface area contributed by atoms with Crippen molar-refractivity contribution in [2.45, 2.75) is 32.4 Å². The van der Waals surface area contributed by atoms with E-state index in [0.717, 1.165) is 0 Å². The minimum absolute atomic E-state index is 0.633. The van der Waals surface area contributed by atoms with Crippen LogP contribution in [-0.4, -0.2) is 40.6 Å².